The van der Waals surface area contributed by atoms with Gasteiger partial charge in [0.25, 0.3) is 0 Å². The fourth-order valence-electron chi connectivity index (χ4n) is 2.00. The number of aliphatic hydroxyl groups excluding tert-OH is 1. The number of carbonyl (C=O) groups excluding carboxylic acids is 1. The number of nitrogens with one attached hydrogen (secondary N) is 1. The first-order valence-corrected chi connectivity index (χ1v) is 5.96. The van der Waals surface area contributed by atoms with Crippen molar-refractivity contribution in [2.24, 2.45) is 0 Å². The summed E-state index contributed by atoms with van der Waals surface area (Å²) >= 11 is 0. The zero-order valence-electron chi connectivity index (χ0n) is 11.4. The molecular weight excluding hydrogens is 230 g/mol. The van der Waals surface area contributed by atoms with Crippen molar-refractivity contribution in [2.75, 3.05) is 6.73 Å². The van der Waals surface area contributed by atoms with Gasteiger partial charge in [0.15, 0.2) is 0 Å². The molecule has 0 radical (unpaired) electrons. The lowest BCUT2D eigenvalue weighted by atomic mass is 9.80. The smallest absolute Gasteiger partial charge is 0.222 e. The molecule has 0 aliphatic carbocycles. The molecule has 1 aromatic rings. The van der Waals surface area contributed by atoms with Crippen molar-refractivity contribution in [2.45, 2.75) is 39.5 Å². The van der Waals surface area contributed by atoms with E-state index in [1.54, 1.807) is 0 Å². The summed E-state index contributed by atoms with van der Waals surface area (Å²) in [6.07, 6.45) is 0.289. The van der Waals surface area contributed by atoms with Crippen LogP contribution in [-0.2, 0) is 10.2 Å². The summed E-state index contributed by atoms with van der Waals surface area (Å²) in [6.45, 7) is 7.28. The van der Waals surface area contributed by atoms with Crippen LogP contribution in [0.3, 0.4) is 0 Å². The van der Waals surface area contributed by atoms with Crippen LogP contribution in [0.25, 0.3) is 0 Å². The fraction of sp³-hybridized carbons (Fsp3) is 0.500. The Morgan fingerprint density at radius 1 is 1.28 bits per heavy atom. The van der Waals surface area contributed by atoms with Gasteiger partial charge in [-0.3, -0.25) is 4.79 Å². The third-order valence-corrected chi connectivity index (χ3v) is 3.15. The van der Waals surface area contributed by atoms with Gasteiger partial charge < -0.3 is 15.5 Å². The maximum absolute atomic E-state index is 11.5. The van der Waals surface area contributed by atoms with E-state index in [4.69, 9.17) is 5.11 Å². The number of hydrogen-bond donors (Lipinski definition) is 3. The predicted molar refractivity (Wildman–Crippen MR) is 70.5 cm³/mol. The molecule has 0 aromatic heterocycles. The van der Waals surface area contributed by atoms with Crippen molar-refractivity contribution < 1.29 is 15.0 Å². The van der Waals surface area contributed by atoms with Crippen LogP contribution in [0.1, 0.15) is 37.0 Å². The van der Waals surface area contributed by atoms with Crippen molar-refractivity contribution in [1.82, 2.24) is 5.32 Å². The molecule has 0 fully saturated rings. The van der Waals surface area contributed by atoms with Gasteiger partial charge in [0, 0.05) is 6.42 Å². The maximum atomic E-state index is 11.5. The molecule has 4 heteroatoms. The van der Waals surface area contributed by atoms with Crippen molar-refractivity contribution in [1.29, 1.82) is 0 Å². The summed E-state index contributed by atoms with van der Waals surface area (Å²) in [6, 6.07) is 3.79. The molecule has 0 saturated carbocycles. The van der Waals surface area contributed by atoms with E-state index in [0.717, 1.165) is 16.7 Å². The second-order valence-electron chi connectivity index (χ2n) is 5.28. The van der Waals surface area contributed by atoms with E-state index < -0.39 is 0 Å². The standard InChI is InChI=1S/C14H21NO3/c1-9-5-11(6-10(2)13(9)18)14(3,4)7-12(17)15-8-16/h5-6,16,18H,7-8H2,1-4H3,(H,15,17). The van der Waals surface area contributed by atoms with Gasteiger partial charge >= 0.3 is 0 Å². The van der Waals surface area contributed by atoms with E-state index in [1.807, 2.05) is 39.8 Å². The summed E-state index contributed by atoms with van der Waals surface area (Å²) in [5.74, 6) is 0.111. The minimum atomic E-state index is -0.345. The Hall–Kier alpha value is -1.55. The molecule has 0 unspecified atom stereocenters. The lowest BCUT2D eigenvalue weighted by molar-refractivity contribution is -0.123. The second-order valence-corrected chi connectivity index (χ2v) is 5.28. The molecular formula is C14H21NO3. The first-order valence-electron chi connectivity index (χ1n) is 5.96. The van der Waals surface area contributed by atoms with E-state index in [2.05, 4.69) is 5.32 Å². The van der Waals surface area contributed by atoms with Crippen molar-refractivity contribution in [3.8, 4) is 5.75 Å². The topological polar surface area (TPSA) is 69.6 Å². The molecule has 1 rings (SSSR count). The van der Waals surface area contributed by atoms with E-state index >= 15 is 0 Å². The highest BCUT2D eigenvalue weighted by Crippen LogP contribution is 2.32. The van der Waals surface area contributed by atoms with Gasteiger partial charge in [0.1, 0.15) is 12.5 Å². The van der Waals surface area contributed by atoms with Crippen LogP contribution in [0.15, 0.2) is 12.1 Å². The molecule has 18 heavy (non-hydrogen) atoms. The van der Waals surface area contributed by atoms with Crippen LogP contribution < -0.4 is 5.32 Å². The molecule has 0 bridgehead atoms. The highest BCUT2D eigenvalue weighted by Gasteiger charge is 2.25. The molecule has 3 N–H and O–H groups in total. The average molecular weight is 251 g/mol. The van der Waals surface area contributed by atoms with Gasteiger partial charge in [-0.15, -0.1) is 0 Å². The largest absolute Gasteiger partial charge is 0.507 e. The summed E-state index contributed by atoms with van der Waals surface area (Å²) in [5.41, 5.74) is 2.27. The molecule has 0 spiro atoms. The maximum Gasteiger partial charge on any atom is 0.222 e. The summed E-state index contributed by atoms with van der Waals surface area (Å²) in [5, 5.41) is 20.8. The zero-order chi connectivity index (χ0) is 13.9. The highest BCUT2D eigenvalue weighted by molar-refractivity contribution is 5.77. The van der Waals surface area contributed by atoms with Gasteiger partial charge in [-0.1, -0.05) is 26.0 Å². The summed E-state index contributed by atoms with van der Waals surface area (Å²) in [4.78, 5) is 11.5. The zero-order valence-corrected chi connectivity index (χ0v) is 11.4. The third-order valence-electron chi connectivity index (χ3n) is 3.15. The Labute approximate surface area is 108 Å². The molecule has 1 aromatic carbocycles. The van der Waals surface area contributed by atoms with Crippen LogP contribution in [0, 0.1) is 13.8 Å². The molecule has 100 valence electrons. The Balaban J connectivity index is 3.01. The first-order chi connectivity index (χ1) is 8.27. The number of aromatic hydroxyl groups is 1. The van der Waals surface area contributed by atoms with Gasteiger partial charge in [-0.2, -0.15) is 0 Å². The normalized spacial score (nSPS) is 11.4. The first kappa shape index (κ1) is 14.5. The van der Waals surface area contributed by atoms with Crippen molar-refractivity contribution in [3.05, 3.63) is 28.8 Å². The number of phenols is 1. The molecule has 0 saturated heterocycles. The number of benzene rings is 1. The van der Waals surface area contributed by atoms with Gasteiger partial charge in [-0.05, 0) is 36.0 Å². The van der Waals surface area contributed by atoms with Crippen LogP contribution in [0.2, 0.25) is 0 Å². The van der Waals surface area contributed by atoms with Crippen molar-refractivity contribution >= 4 is 5.91 Å². The fourth-order valence-corrected chi connectivity index (χ4v) is 2.00. The number of aliphatic hydroxyl groups is 1. The average Bonchev–Trinajstić information content (AvgIpc) is 2.24. The summed E-state index contributed by atoms with van der Waals surface area (Å²) in [7, 11) is 0. The van der Waals surface area contributed by atoms with Gasteiger partial charge in [0.2, 0.25) is 5.91 Å². The van der Waals surface area contributed by atoms with Gasteiger partial charge in [-0.25, -0.2) is 0 Å². The van der Waals surface area contributed by atoms with E-state index in [1.165, 1.54) is 0 Å². The van der Waals surface area contributed by atoms with E-state index in [9.17, 15) is 9.90 Å². The lowest BCUT2D eigenvalue weighted by Crippen LogP contribution is -2.31. The molecule has 0 heterocycles. The number of amides is 1. The lowest BCUT2D eigenvalue weighted by Gasteiger charge is -2.25. The number of carbonyl (C=O) groups is 1. The highest BCUT2D eigenvalue weighted by atomic mass is 16.3. The van der Waals surface area contributed by atoms with Crippen LogP contribution >= 0.6 is 0 Å². The third kappa shape index (κ3) is 3.23. The van der Waals surface area contributed by atoms with E-state index in [0.29, 0.717) is 5.75 Å². The van der Waals surface area contributed by atoms with Crippen LogP contribution in [0.5, 0.6) is 5.75 Å². The molecule has 4 nitrogen and oxygen atoms in total. The molecule has 0 atom stereocenters. The minimum absolute atomic E-state index is 0.189. The predicted octanol–water partition coefficient (Wildman–Crippen LogP) is 1.74. The van der Waals surface area contributed by atoms with Crippen LogP contribution in [-0.4, -0.2) is 22.9 Å². The summed E-state index contributed by atoms with van der Waals surface area (Å²) < 4.78 is 0. The Bertz CT molecular complexity index is 429. The Kier molecular flexibility index (Phi) is 4.35. The molecule has 0 aliphatic heterocycles. The number of aryl methyl sites for hydroxylation is 2. The minimum Gasteiger partial charge on any atom is -0.507 e. The van der Waals surface area contributed by atoms with E-state index in [-0.39, 0.29) is 24.5 Å². The number of rotatable bonds is 4. The Morgan fingerprint density at radius 3 is 2.22 bits per heavy atom. The number of hydrogen-bond acceptors (Lipinski definition) is 3. The Morgan fingerprint density at radius 2 is 1.78 bits per heavy atom. The molecule has 0 aliphatic rings. The quantitative estimate of drug-likeness (QED) is 0.714. The number of phenolic OH excluding ortho intramolecular Hbond substituents is 1. The van der Waals surface area contributed by atoms with Gasteiger partial charge in [0.05, 0.1) is 0 Å². The SMILES string of the molecule is Cc1cc(C(C)(C)CC(=O)NCO)cc(C)c1O. The second kappa shape index (κ2) is 5.40. The molecule has 1 amide bonds. The van der Waals surface area contributed by atoms with Crippen LogP contribution in [0.4, 0.5) is 0 Å². The monoisotopic (exact) mass is 251 g/mol. The van der Waals surface area contributed by atoms with Crippen molar-refractivity contribution in [3.63, 3.8) is 0 Å².